The Morgan fingerprint density at radius 1 is 1.43 bits per heavy atom. The largest absolute Gasteiger partial charge is 0.359 e. The number of rotatable bonds is 5. The first-order valence-electron chi connectivity index (χ1n) is 5.65. The van der Waals surface area contributed by atoms with Crippen molar-refractivity contribution in [2.45, 2.75) is 32.6 Å². The second kappa shape index (κ2) is 6.02. The molecule has 0 heterocycles. The van der Waals surface area contributed by atoms with Gasteiger partial charge in [-0.3, -0.25) is 4.79 Å². The van der Waals surface area contributed by atoms with Gasteiger partial charge in [-0.1, -0.05) is 19.8 Å². The van der Waals surface area contributed by atoms with Crippen molar-refractivity contribution in [1.29, 1.82) is 0 Å². The van der Waals surface area contributed by atoms with E-state index in [1.165, 1.54) is 19.3 Å². The quantitative estimate of drug-likeness (QED) is 0.651. The molecule has 0 bridgehead atoms. The zero-order valence-electron chi connectivity index (χ0n) is 9.31. The molecule has 2 N–H and O–H groups in total. The summed E-state index contributed by atoms with van der Waals surface area (Å²) in [5.41, 5.74) is 0. The smallest absolute Gasteiger partial charge is 0.221 e. The zero-order chi connectivity index (χ0) is 10.4. The molecule has 0 radical (unpaired) electrons. The van der Waals surface area contributed by atoms with Gasteiger partial charge in [-0.25, -0.2) is 0 Å². The molecule has 0 aromatic heterocycles. The van der Waals surface area contributed by atoms with E-state index < -0.39 is 0 Å². The second-order valence-corrected chi connectivity index (χ2v) is 4.30. The van der Waals surface area contributed by atoms with E-state index in [1.54, 1.807) is 7.05 Å². The first-order valence-corrected chi connectivity index (χ1v) is 5.65. The van der Waals surface area contributed by atoms with E-state index in [9.17, 15) is 4.79 Å². The summed E-state index contributed by atoms with van der Waals surface area (Å²) in [4.78, 5) is 10.9. The summed E-state index contributed by atoms with van der Waals surface area (Å²) in [5.74, 6) is 1.82. The maximum Gasteiger partial charge on any atom is 0.221 e. The van der Waals surface area contributed by atoms with Crippen LogP contribution in [0.15, 0.2) is 0 Å². The molecule has 3 heteroatoms. The summed E-state index contributed by atoms with van der Waals surface area (Å²) in [5, 5.41) is 5.99. The Labute approximate surface area is 86.6 Å². The number of hydrogen-bond acceptors (Lipinski definition) is 2. The molecule has 1 aliphatic carbocycles. The van der Waals surface area contributed by atoms with Crippen LogP contribution in [0.1, 0.15) is 32.6 Å². The van der Waals surface area contributed by atoms with Crippen molar-refractivity contribution in [1.82, 2.24) is 10.6 Å². The Kier molecular flexibility index (Phi) is 4.94. The molecule has 1 saturated carbocycles. The monoisotopic (exact) mass is 198 g/mol. The van der Waals surface area contributed by atoms with Crippen LogP contribution >= 0.6 is 0 Å². The molecule has 14 heavy (non-hydrogen) atoms. The van der Waals surface area contributed by atoms with Gasteiger partial charge in [-0.05, 0) is 24.8 Å². The third kappa shape index (κ3) is 3.66. The summed E-state index contributed by atoms with van der Waals surface area (Å²) < 4.78 is 0. The maximum absolute atomic E-state index is 10.9. The lowest BCUT2D eigenvalue weighted by molar-refractivity contribution is -0.120. The van der Waals surface area contributed by atoms with Gasteiger partial charge in [0.15, 0.2) is 0 Å². The summed E-state index contributed by atoms with van der Waals surface area (Å²) in [6.45, 7) is 4.22. The van der Waals surface area contributed by atoms with Crippen LogP contribution in [-0.2, 0) is 4.79 Å². The molecule has 1 rings (SSSR count). The van der Waals surface area contributed by atoms with Crippen molar-refractivity contribution in [3.8, 4) is 0 Å². The van der Waals surface area contributed by atoms with Crippen LogP contribution in [0.5, 0.6) is 0 Å². The van der Waals surface area contributed by atoms with E-state index in [0.717, 1.165) is 24.9 Å². The molecule has 2 unspecified atom stereocenters. The lowest BCUT2D eigenvalue weighted by Gasteiger charge is -2.15. The zero-order valence-corrected chi connectivity index (χ0v) is 9.31. The first-order chi connectivity index (χ1) is 6.74. The molecule has 0 aromatic rings. The second-order valence-electron chi connectivity index (χ2n) is 4.30. The lowest BCUT2D eigenvalue weighted by atomic mass is 9.98. The molecular weight excluding hydrogens is 176 g/mol. The van der Waals surface area contributed by atoms with Gasteiger partial charge in [0.1, 0.15) is 0 Å². The van der Waals surface area contributed by atoms with Crippen molar-refractivity contribution in [3.05, 3.63) is 0 Å². The van der Waals surface area contributed by atoms with Gasteiger partial charge in [0, 0.05) is 20.0 Å². The Morgan fingerprint density at radius 2 is 2.21 bits per heavy atom. The van der Waals surface area contributed by atoms with Crippen molar-refractivity contribution >= 4 is 5.91 Å². The van der Waals surface area contributed by atoms with Gasteiger partial charge in [-0.15, -0.1) is 0 Å². The first kappa shape index (κ1) is 11.5. The fraction of sp³-hybridized carbons (Fsp3) is 0.909. The molecule has 0 saturated heterocycles. The van der Waals surface area contributed by atoms with Crippen LogP contribution < -0.4 is 10.6 Å². The SMILES string of the molecule is CNC(=O)CCNCC1CCCC1C. The molecule has 3 nitrogen and oxygen atoms in total. The average molecular weight is 198 g/mol. The molecule has 0 aromatic carbocycles. The Balaban J connectivity index is 2.01. The van der Waals surface area contributed by atoms with Gasteiger partial charge >= 0.3 is 0 Å². The van der Waals surface area contributed by atoms with Gasteiger partial charge in [0.25, 0.3) is 0 Å². The van der Waals surface area contributed by atoms with Gasteiger partial charge in [0.05, 0.1) is 0 Å². The fourth-order valence-electron chi connectivity index (χ4n) is 2.14. The standard InChI is InChI=1S/C11H22N2O/c1-9-4-3-5-10(9)8-13-7-6-11(14)12-2/h9-10,13H,3-8H2,1-2H3,(H,12,14). The van der Waals surface area contributed by atoms with E-state index in [0.29, 0.717) is 6.42 Å². The molecule has 0 aliphatic heterocycles. The Hall–Kier alpha value is -0.570. The Bertz CT molecular complexity index is 182. The summed E-state index contributed by atoms with van der Waals surface area (Å²) in [6, 6.07) is 0. The summed E-state index contributed by atoms with van der Waals surface area (Å²) in [6.07, 6.45) is 4.70. The molecular formula is C11H22N2O. The number of amides is 1. The number of hydrogen-bond donors (Lipinski definition) is 2. The highest BCUT2D eigenvalue weighted by molar-refractivity contribution is 5.75. The summed E-state index contributed by atoms with van der Waals surface area (Å²) >= 11 is 0. The molecule has 1 fully saturated rings. The van der Waals surface area contributed by atoms with E-state index in [2.05, 4.69) is 17.6 Å². The van der Waals surface area contributed by atoms with Gasteiger partial charge < -0.3 is 10.6 Å². The highest BCUT2D eigenvalue weighted by atomic mass is 16.1. The van der Waals surface area contributed by atoms with Crippen molar-refractivity contribution in [3.63, 3.8) is 0 Å². The minimum Gasteiger partial charge on any atom is -0.359 e. The normalized spacial score (nSPS) is 26.4. The number of nitrogens with one attached hydrogen (secondary N) is 2. The third-order valence-corrected chi connectivity index (χ3v) is 3.25. The molecule has 2 atom stereocenters. The predicted molar refractivity (Wildman–Crippen MR) is 58.1 cm³/mol. The molecule has 1 aliphatic rings. The van der Waals surface area contributed by atoms with Gasteiger partial charge in [-0.2, -0.15) is 0 Å². The van der Waals surface area contributed by atoms with Crippen LogP contribution in [0.25, 0.3) is 0 Å². The predicted octanol–water partition coefficient (Wildman–Crippen LogP) is 1.15. The maximum atomic E-state index is 10.9. The van der Waals surface area contributed by atoms with E-state index in [-0.39, 0.29) is 5.91 Å². The van der Waals surface area contributed by atoms with E-state index >= 15 is 0 Å². The van der Waals surface area contributed by atoms with Crippen LogP contribution in [0, 0.1) is 11.8 Å². The van der Waals surface area contributed by atoms with Crippen LogP contribution in [0.2, 0.25) is 0 Å². The average Bonchev–Trinajstić information content (AvgIpc) is 2.58. The van der Waals surface area contributed by atoms with Crippen molar-refractivity contribution in [2.75, 3.05) is 20.1 Å². The van der Waals surface area contributed by atoms with E-state index in [4.69, 9.17) is 0 Å². The summed E-state index contributed by atoms with van der Waals surface area (Å²) in [7, 11) is 1.68. The van der Waals surface area contributed by atoms with Crippen LogP contribution in [-0.4, -0.2) is 26.0 Å². The highest BCUT2D eigenvalue weighted by Gasteiger charge is 2.22. The van der Waals surface area contributed by atoms with Crippen molar-refractivity contribution in [2.24, 2.45) is 11.8 Å². The number of carbonyl (C=O) groups excluding carboxylic acids is 1. The van der Waals surface area contributed by atoms with Crippen molar-refractivity contribution < 1.29 is 4.79 Å². The minimum absolute atomic E-state index is 0.122. The molecule has 82 valence electrons. The number of carbonyl (C=O) groups is 1. The van der Waals surface area contributed by atoms with E-state index in [1.807, 2.05) is 0 Å². The molecule has 0 spiro atoms. The van der Waals surface area contributed by atoms with Crippen LogP contribution in [0.3, 0.4) is 0 Å². The highest BCUT2D eigenvalue weighted by Crippen LogP contribution is 2.30. The Morgan fingerprint density at radius 3 is 2.79 bits per heavy atom. The third-order valence-electron chi connectivity index (χ3n) is 3.25. The van der Waals surface area contributed by atoms with Gasteiger partial charge in [0.2, 0.25) is 5.91 Å². The lowest BCUT2D eigenvalue weighted by Crippen LogP contribution is -2.29. The minimum atomic E-state index is 0.122. The van der Waals surface area contributed by atoms with Crippen LogP contribution in [0.4, 0.5) is 0 Å². The molecule has 1 amide bonds. The topological polar surface area (TPSA) is 41.1 Å². The fourth-order valence-corrected chi connectivity index (χ4v) is 2.14.